The third kappa shape index (κ3) is 2.32. The van der Waals surface area contributed by atoms with E-state index in [0.717, 1.165) is 18.2 Å². The second-order valence-electron chi connectivity index (χ2n) is 3.57. The molecule has 0 N–H and O–H groups in total. The molecule has 0 fully saturated rings. The fourth-order valence-corrected chi connectivity index (χ4v) is 1.56. The molecule has 0 saturated heterocycles. The summed E-state index contributed by atoms with van der Waals surface area (Å²) in [6, 6.07) is 2.64. The van der Waals surface area contributed by atoms with E-state index in [-0.39, 0.29) is 10.9 Å². The Labute approximate surface area is 107 Å². The molecule has 0 aliphatic carbocycles. The molecule has 19 heavy (non-hydrogen) atoms. The Morgan fingerprint density at radius 1 is 1.00 bits per heavy atom. The lowest BCUT2D eigenvalue weighted by Gasteiger charge is -2.18. The minimum Gasteiger partial charge on any atom is -0.227 e. The number of hydrogen-bond donors (Lipinski definition) is 0. The minimum absolute atomic E-state index is 0.150. The molecule has 0 aliphatic heterocycles. The van der Waals surface area contributed by atoms with Crippen LogP contribution in [0.4, 0.5) is 26.3 Å². The van der Waals surface area contributed by atoms with Crippen LogP contribution < -0.4 is 0 Å². The van der Waals surface area contributed by atoms with Gasteiger partial charge in [-0.1, -0.05) is 11.6 Å². The molecule has 2 aromatic rings. The predicted octanol–water partition coefficient (Wildman–Crippen LogP) is 4.08. The van der Waals surface area contributed by atoms with Crippen LogP contribution in [0.15, 0.2) is 18.2 Å². The van der Waals surface area contributed by atoms with Crippen LogP contribution in [0.5, 0.6) is 0 Å². The lowest BCUT2D eigenvalue weighted by atomic mass is 10.2. The highest BCUT2D eigenvalue weighted by Gasteiger charge is 2.61. The van der Waals surface area contributed by atoms with Crippen molar-refractivity contribution in [3.63, 3.8) is 0 Å². The van der Waals surface area contributed by atoms with Crippen molar-refractivity contribution in [2.75, 3.05) is 0 Å². The highest BCUT2D eigenvalue weighted by molar-refractivity contribution is 6.34. The van der Waals surface area contributed by atoms with E-state index in [9.17, 15) is 26.3 Å². The maximum Gasteiger partial charge on any atom is 0.461 e. The second kappa shape index (κ2) is 4.22. The van der Waals surface area contributed by atoms with Gasteiger partial charge in [-0.25, -0.2) is 14.4 Å². The van der Waals surface area contributed by atoms with Crippen molar-refractivity contribution in [3.8, 4) is 0 Å². The van der Waals surface area contributed by atoms with E-state index >= 15 is 0 Å². The number of fused-ring (bicyclic) bond motifs is 1. The highest BCUT2D eigenvalue weighted by Crippen LogP contribution is 2.43. The summed E-state index contributed by atoms with van der Waals surface area (Å²) < 4.78 is 75.6. The molecular formula is C10H3ClF6N2. The van der Waals surface area contributed by atoms with Crippen LogP contribution in [-0.2, 0) is 5.92 Å². The van der Waals surface area contributed by atoms with Crippen LogP contribution >= 0.6 is 11.6 Å². The Morgan fingerprint density at radius 3 is 2.21 bits per heavy atom. The molecule has 0 unspecified atom stereocenters. The molecule has 0 aliphatic rings. The Kier molecular flexibility index (Phi) is 3.08. The Bertz CT molecular complexity index is 640. The van der Waals surface area contributed by atoms with Gasteiger partial charge in [-0.05, 0) is 18.2 Å². The van der Waals surface area contributed by atoms with Crippen molar-refractivity contribution in [1.29, 1.82) is 0 Å². The SMILES string of the molecule is Fc1ccc2nc(C(F)(F)C(F)(F)F)nc(Cl)c2c1. The second-order valence-corrected chi connectivity index (χ2v) is 3.93. The topological polar surface area (TPSA) is 25.8 Å². The Balaban J connectivity index is 2.68. The van der Waals surface area contributed by atoms with E-state index in [1.165, 1.54) is 0 Å². The van der Waals surface area contributed by atoms with Crippen LogP contribution in [0.3, 0.4) is 0 Å². The van der Waals surface area contributed by atoms with Crippen LogP contribution in [0.1, 0.15) is 5.82 Å². The van der Waals surface area contributed by atoms with Crippen LogP contribution in [0.2, 0.25) is 5.15 Å². The summed E-state index contributed by atoms with van der Waals surface area (Å²) in [7, 11) is 0. The van der Waals surface area contributed by atoms with Crippen molar-refractivity contribution in [2.45, 2.75) is 12.1 Å². The summed E-state index contributed by atoms with van der Waals surface area (Å²) in [4.78, 5) is 5.98. The Hall–Kier alpha value is -1.57. The van der Waals surface area contributed by atoms with Gasteiger partial charge in [-0.3, -0.25) is 0 Å². The zero-order chi connectivity index (χ0) is 14.4. The van der Waals surface area contributed by atoms with Gasteiger partial charge in [-0.15, -0.1) is 0 Å². The maximum atomic E-state index is 13.1. The van der Waals surface area contributed by atoms with Gasteiger partial charge in [0.05, 0.1) is 5.52 Å². The average molecular weight is 301 g/mol. The first-order valence-corrected chi connectivity index (χ1v) is 5.08. The van der Waals surface area contributed by atoms with E-state index < -0.39 is 28.9 Å². The third-order valence-electron chi connectivity index (χ3n) is 2.25. The molecule has 1 aromatic carbocycles. The lowest BCUT2D eigenvalue weighted by molar-refractivity contribution is -0.292. The first-order valence-electron chi connectivity index (χ1n) is 4.71. The zero-order valence-corrected chi connectivity index (χ0v) is 9.53. The molecule has 2 rings (SSSR count). The summed E-state index contributed by atoms with van der Waals surface area (Å²) >= 11 is 5.47. The number of hydrogen-bond acceptors (Lipinski definition) is 2. The van der Waals surface area contributed by atoms with Crippen LogP contribution in [-0.4, -0.2) is 16.1 Å². The first kappa shape index (κ1) is 13.9. The molecule has 0 radical (unpaired) electrons. The summed E-state index contributed by atoms with van der Waals surface area (Å²) in [5.74, 6) is -7.75. The summed E-state index contributed by atoms with van der Waals surface area (Å²) in [5.41, 5.74) is -0.305. The fraction of sp³-hybridized carbons (Fsp3) is 0.200. The standard InChI is InChI=1S/C10H3ClF6N2/c11-7-5-3-4(12)1-2-6(5)18-8(19-7)9(13,14)10(15,16)17/h1-3H. The molecule has 1 heterocycles. The van der Waals surface area contributed by atoms with Gasteiger partial charge in [0.2, 0.25) is 5.82 Å². The molecule has 0 atom stereocenters. The number of halogens is 7. The summed E-state index contributed by atoms with van der Waals surface area (Å²) in [6.07, 6.45) is -5.84. The quantitative estimate of drug-likeness (QED) is 0.586. The van der Waals surface area contributed by atoms with Crippen molar-refractivity contribution < 1.29 is 26.3 Å². The predicted molar refractivity (Wildman–Crippen MR) is 54.5 cm³/mol. The summed E-state index contributed by atoms with van der Waals surface area (Å²) in [5, 5.41) is -0.827. The van der Waals surface area contributed by atoms with Crippen molar-refractivity contribution >= 4 is 22.5 Å². The van der Waals surface area contributed by atoms with Gasteiger partial charge in [-0.2, -0.15) is 22.0 Å². The van der Waals surface area contributed by atoms with Gasteiger partial charge >= 0.3 is 12.1 Å². The van der Waals surface area contributed by atoms with E-state index in [0.29, 0.717) is 0 Å². The smallest absolute Gasteiger partial charge is 0.227 e. The maximum absolute atomic E-state index is 13.1. The largest absolute Gasteiger partial charge is 0.461 e. The highest BCUT2D eigenvalue weighted by atomic mass is 35.5. The molecule has 9 heteroatoms. The lowest BCUT2D eigenvalue weighted by Crippen LogP contribution is -2.35. The molecule has 0 saturated carbocycles. The van der Waals surface area contributed by atoms with E-state index in [1.807, 2.05) is 0 Å². The monoisotopic (exact) mass is 300 g/mol. The first-order chi connectivity index (χ1) is 8.63. The number of aromatic nitrogens is 2. The minimum atomic E-state index is -5.84. The van der Waals surface area contributed by atoms with Crippen LogP contribution in [0, 0.1) is 5.82 Å². The molecule has 0 spiro atoms. The molecular weight excluding hydrogens is 298 g/mol. The third-order valence-corrected chi connectivity index (χ3v) is 2.54. The number of rotatable bonds is 1. The number of benzene rings is 1. The van der Waals surface area contributed by atoms with Crippen molar-refractivity contribution in [1.82, 2.24) is 9.97 Å². The molecule has 102 valence electrons. The molecule has 2 nitrogen and oxygen atoms in total. The van der Waals surface area contributed by atoms with E-state index in [1.54, 1.807) is 0 Å². The van der Waals surface area contributed by atoms with Crippen molar-refractivity contribution in [3.05, 3.63) is 35.0 Å². The summed E-state index contributed by atoms with van der Waals surface area (Å²) in [6.45, 7) is 0. The van der Waals surface area contributed by atoms with Gasteiger partial charge in [0, 0.05) is 5.39 Å². The molecule has 1 aromatic heterocycles. The van der Waals surface area contributed by atoms with Crippen LogP contribution in [0.25, 0.3) is 10.9 Å². The molecule has 0 bridgehead atoms. The number of nitrogens with zero attached hydrogens (tertiary/aromatic N) is 2. The Morgan fingerprint density at radius 2 is 1.63 bits per heavy atom. The van der Waals surface area contributed by atoms with Gasteiger partial charge < -0.3 is 0 Å². The van der Waals surface area contributed by atoms with Gasteiger partial charge in [0.25, 0.3) is 0 Å². The fourth-order valence-electron chi connectivity index (χ4n) is 1.33. The van der Waals surface area contributed by atoms with Gasteiger partial charge in [0.1, 0.15) is 11.0 Å². The van der Waals surface area contributed by atoms with Gasteiger partial charge in [0.15, 0.2) is 0 Å². The van der Waals surface area contributed by atoms with E-state index in [4.69, 9.17) is 11.6 Å². The number of alkyl halides is 5. The zero-order valence-electron chi connectivity index (χ0n) is 8.77. The molecule has 0 amide bonds. The normalized spacial score (nSPS) is 13.0. The van der Waals surface area contributed by atoms with Crippen molar-refractivity contribution in [2.24, 2.45) is 0 Å². The average Bonchev–Trinajstić information content (AvgIpc) is 2.28. The van der Waals surface area contributed by atoms with E-state index in [2.05, 4.69) is 9.97 Å².